The fourth-order valence-electron chi connectivity index (χ4n) is 12.6. The highest BCUT2D eigenvalue weighted by molar-refractivity contribution is 6.11. The predicted octanol–water partition coefficient (Wildman–Crippen LogP) is 3.42. The second-order valence-corrected chi connectivity index (χ2v) is 19.0. The van der Waals surface area contributed by atoms with Crippen LogP contribution in [-0.2, 0) is 43.3 Å². The molecule has 3 fully saturated rings. The normalized spacial score (nSPS) is 29.5. The molecule has 0 radical (unpaired) electrons. The summed E-state index contributed by atoms with van der Waals surface area (Å²) in [5.74, 6) is -2.44. The van der Waals surface area contributed by atoms with Crippen LogP contribution in [0.25, 0.3) is 11.6 Å². The number of carbonyl (C=O) groups excluding carboxylic acids is 3. The largest absolute Gasteiger partial charge is 0.492 e. The molecule has 0 unspecified atom stereocenters. The number of aliphatic hydroxyl groups excluding tert-OH is 3. The number of hydrogen-bond donors (Lipinski definition) is 4. The fourth-order valence-corrected chi connectivity index (χ4v) is 12.6. The number of carbonyl (C=O) groups is 3. The van der Waals surface area contributed by atoms with Gasteiger partial charge in [-0.25, -0.2) is 4.79 Å². The maximum atomic E-state index is 14.5. The van der Waals surface area contributed by atoms with E-state index >= 15 is 0 Å². The van der Waals surface area contributed by atoms with E-state index in [1.165, 1.54) is 0 Å². The first-order valence-corrected chi connectivity index (χ1v) is 23.9. The number of aldehydes is 1. The summed E-state index contributed by atoms with van der Waals surface area (Å²) in [6.45, 7) is 5.69. The first kappa shape index (κ1) is 45.7. The Morgan fingerprint density at radius 3 is 2.65 bits per heavy atom. The highest BCUT2D eigenvalue weighted by Gasteiger charge is 2.57. The molecule has 14 nitrogen and oxygen atoms in total. The van der Waals surface area contributed by atoms with Gasteiger partial charge in [0.15, 0.2) is 6.29 Å². The number of aliphatic hydroxyl groups is 4. The quantitative estimate of drug-likeness (QED) is 0.138. The van der Waals surface area contributed by atoms with Crippen LogP contribution in [0.1, 0.15) is 105 Å². The van der Waals surface area contributed by atoms with E-state index < -0.39 is 42.7 Å². The van der Waals surface area contributed by atoms with E-state index in [1.807, 2.05) is 18.2 Å². The van der Waals surface area contributed by atoms with E-state index in [0.717, 1.165) is 66.9 Å². The number of rotatable bonds is 12. The van der Waals surface area contributed by atoms with Crippen LogP contribution in [0, 0.1) is 23.7 Å². The van der Waals surface area contributed by atoms with Gasteiger partial charge in [-0.2, -0.15) is 0 Å². The van der Waals surface area contributed by atoms with Crippen molar-refractivity contribution in [1.82, 2.24) is 4.90 Å². The standard InChI is InChI=1S/C51H64N2O12/c1-4-41-33-8-6-13-51(60,39(33)12-16-53(41)15-7-17-61-3)42-22-36-46(64-42)38(26-57)48-44-43(37(25-56)49(65-48)50(59)62-5-2)31-18-32(24-55)45(58)35(20-31)34-19-30-11-14-52-40(30)21-29(34)10-9-28(23-54)27-63-47(36)44/h11,19,21,25,28,32-33,35,39,41-42,54-55,57,60H,4-10,12-18,20,22-24,26-27H2,1-3H3/t28-,32+,33+,35+,39+,41-,42-,51+/m0/s1. The Morgan fingerprint density at radius 1 is 1.06 bits per heavy atom. The van der Waals surface area contributed by atoms with Gasteiger partial charge in [0.2, 0.25) is 5.76 Å². The number of allylic oxidation sites excluding steroid dienone is 3. The van der Waals surface area contributed by atoms with Gasteiger partial charge in [-0.15, -0.1) is 0 Å². The lowest BCUT2D eigenvalue weighted by molar-refractivity contribution is -0.163. The molecule has 2 aromatic carbocycles. The third kappa shape index (κ3) is 7.95. The zero-order valence-electron chi connectivity index (χ0n) is 37.9. The summed E-state index contributed by atoms with van der Waals surface area (Å²) in [4.78, 5) is 49.2. The number of methoxy groups -OCH3 is 1. The molecule has 0 aromatic heterocycles. The number of hydrogen-bond acceptors (Lipinski definition) is 14. The Hall–Kier alpha value is -4.44. The zero-order chi connectivity index (χ0) is 45.6. The van der Waals surface area contributed by atoms with Crippen molar-refractivity contribution in [3.8, 4) is 17.2 Å². The molecule has 2 saturated carbocycles. The number of nitrogens with zero attached hydrogens (tertiary/aromatic N) is 2. The Balaban J connectivity index is 1.23. The topological polar surface area (TPSA) is 194 Å². The van der Waals surface area contributed by atoms with Crippen LogP contribution in [0.3, 0.4) is 0 Å². The minimum atomic E-state index is -1.23. The summed E-state index contributed by atoms with van der Waals surface area (Å²) in [7, 11) is 1.73. The number of ketones is 1. The summed E-state index contributed by atoms with van der Waals surface area (Å²) in [6, 6.07) is 4.33. The number of ether oxygens (including phenoxy) is 5. The van der Waals surface area contributed by atoms with Crippen molar-refractivity contribution >= 4 is 29.7 Å². The van der Waals surface area contributed by atoms with E-state index in [9.17, 15) is 34.8 Å². The predicted molar refractivity (Wildman–Crippen MR) is 239 cm³/mol. The molecule has 2 aliphatic carbocycles. The molecule has 350 valence electrons. The molecule has 0 spiro atoms. The molecule has 5 aliphatic heterocycles. The molecule has 7 aliphatic rings. The maximum absolute atomic E-state index is 14.5. The average Bonchev–Trinajstić information content (AvgIpc) is 3.98. The van der Waals surface area contributed by atoms with E-state index in [-0.39, 0.29) is 85.3 Å². The SMILES string of the molecule is CCOC(=O)C1=C(C=O)C2=C3C[C@H](CO)C(=O)[C@H](C3)c3cc4c(cc3CC[C@@H](CO)COc3c5c(c(CO)c(c32)O1)O[C@H]([C@@]1(O)CCC[C@@H]2[C@H]1CCN(CCCOC)[C@H]2CC)C5)=NCC=4. The summed E-state index contributed by atoms with van der Waals surface area (Å²) >= 11 is 0. The first-order valence-electron chi connectivity index (χ1n) is 23.9. The lowest BCUT2D eigenvalue weighted by Gasteiger charge is -2.55. The molecule has 5 heterocycles. The van der Waals surface area contributed by atoms with Crippen molar-refractivity contribution in [2.24, 2.45) is 28.7 Å². The molecule has 9 rings (SSSR count). The van der Waals surface area contributed by atoms with E-state index in [2.05, 4.69) is 16.8 Å². The van der Waals surface area contributed by atoms with Crippen LogP contribution in [0.4, 0.5) is 0 Å². The molecule has 4 N–H and O–H groups in total. The molecule has 1 saturated heterocycles. The van der Waals surface area contributed by atoms with Crippen molar-refractivity contribution in [2.45, 2.75) is 115 Å². The van der Waals surface area contributed by atoms with Gasteiger partial charge in [0.05, 0.1) is 55.0 Å². The number of fused-ring (bicyclic) bond motifs is 8. The number of benzene rings is 2. The number of esters is 1. The number of likely N-dealkylation sites (tertiary alicyclic amines) is 1. The minimum absolute atomic E-state index is 0.00649. The monoisotopic (exact) mass is 896 g/mol. The second-order valence-electron chi connectivity index (χ2n) is 19.0. The Kier molecular flexibility index (Phi) is 13.4. The van der Waals surface area contributed by atoms with Gasteiger partial charge < -0.3 is 49.0 Å². The number of Topliss-reactive ketones (excluding diaryl/α,β-unsaturated/α-hetero) is 1. The third-order valence-corrected chi connectivity index (χ3v) is 15.7. The van der Waals surface area contributed by atoms with E-state index in [0.29, 0.717) is 78.5 Å². The average molecular weight is 897 g/mol. The van der Waals surface area contributed by atoms with Crippen molar-refractivity contribution in [3.63, 3.8) is 0 Å². The number of piperidine rings is 1. The van der Waals surface area contributed by atoms with Crippen LogP contribution in [-0.4, -0.2) is 121 Å². The molecule has 65 heavy (non-hydrogen) atoms. The Bertz CT molecular complexity index is 2410. The maximum Gasteiger partial charge on any atom is 0.375 e. The summed E-state index contributed by atoms with van der Waals surface area (Å²) < 4.78 is 31.3. The molecule has 2 bridgehead atoms. The zero-order valence-corrected chi connectivity index (χ0v) is 37.9. The highest BCUT2D eigenvalue weighted by atomic mass is 16.6. The van der Waals surface area contributed by atoms with E-state index in [4.69, 9.17) is 23.7 Å². The molecular weight excluding hydrogens is 833 g/mol. The minimum Gasteiger partial charge on any atom is -0.492 e. The molecule has 0 amide bonds. The van der Waals surface area contributed by atoms with Crippen LogP contribution in [0.5, 0.6) is 17.2 Å². The Labute approximate surface area is 379 Å². The van der Waals surface area contributed by atoms with Gasteiger partial charge in [-0.05, 0) is 112 Å². The fraction of sp³-hybridized carbons (Fsp3) is 0.608. The first-order chi connectivity index (χ1) is 31.6. The van der Waals surface area contributed by atoms with Crippen LogP contribution >= 0.6 is 0 Å². The van der Waals surface area contributed by atoms with Crippen LogP contribution in [0.15, 0.2) is 34.0 Å². The van der Waals surface area contributed by atoms with Crippen LogP contribution < -0.4 is 24.8 Å². The van der Waals surface area contributed by atoms with Gasteiger partial charge in [0, 0.05) is 68.2 Å². The van der Waals surface area contributed by atoms with Gasteiger partial charge >= 0.3 is 5.97 Å². The molecule has 14 heteroatoms. The van der Waals surface area contributed by atoms with E-state index in [1.54, 1.807) is 14.0 Å². The summed E-state index contributed by atoms with van der Waals surface area (Å²) in [6.07, 6.45) is 8.41. The Morgan fingerprint density at radius 2 is 1.91 bits per heavy atom. The second kappa shape index (κ2) is 19.0. The van der Waals surface area contributed by atoms with Crippen molar-refractivity contribution in [3.05, 3.63) is 67.4 Å². The highest BCUT2D eigenvalue weighted by Crippen LogP contribution is 2.59. The van der Waals surface area contributed by atoms with Gasteiger partial charge in [-0.3, -0.25) is 14.6 Å². The van der Waals surface area contributed by atoms with Crippen molar-refractivity contribution < 1.29 is 58.5 Å². The molecular formula is C51H64N2O12. The molecule has 2 aromatic rings. The van der Waals surface area contributed by atoms with Gasteiger partial charge in [0.25, 0.3) is 0 Å². The van der Waals surface area contributed by atoms with Crippen LogP contribution in [0.2, 0.25) is 0 Å². The van der Waals surface area contributed by atoms with Gasteiger partial charge in [-0.1, -0.05) is 25.0 Å². The van der Waals surface area contributed by atoms with Crippen molar-refractivity contribution in [2.75, 3.05) is 59.8 Å². The lowest BCUT2D eigenvalue weighted by Crippen LogP contribution is -2.62. The smallest absolute Gasteiger partial charge is 0.375 e. The summed E-state index contributed by atoms with van der Waals surface area (Å²) in [5, 5.41) is 48.0. The van der Waals surface area contributed by atoms with Gasteiger partial charge in [0.1, 0.15) is 34.7 Å². The number of aryl methyl sites for hydroxylation is 1. The lowest BCUT2D eigenvalue weighted by atomic mass is 9.60. The molecule has 8 atom stereocenters. The van der Waals surface area contributed by atoms with Crippen molar-refractivity contribution in [1.29, 1.82) is 0 Å². The summed E-state index contributed by atoms with van der Waals surface area (Å²) in [5.41, 5.74) is 2.51. The third-order valence-electron chi connectivity index (χ3n) is 15.7.